The smallest absolute Gasteiger partial charge is 0.326 e. The van der Waals surface area contributed by atoms with Crippen molar-refractivity contribution in [1.29, 1.82) is 0 Å². The number of rotatable bonds is 8. The molecule has 1 saturated heterocycles. The number of hydrogen-bond donors (Lipinski definition) is 2. The number of carbonyl (C=O) groups is 3. The van der Waals surface area contributed by atoms with Crippen LogP contribution in [0.1, 0.15) is 58.8 Å². The van der Waals surface area contributed by atoms with Gasteiger partial charge in [-0.15, -0.1) is 0 Å². The number of nitrogens with one attached hydrogen (secondary N) is 1. The molecule has 1 aliphatic heterocycles. The Labute approximate surface area is 125 Å². The van der Waals surface area contributed by atoms with Gasteiger partial charge >= 0.3 is 5.97 Å². The molecule has 0 spiro atoms. The molecule has 6 nitrogen and oxygen atoms in total. The van der Waals surface area contributed by atoms with Crippen LogP contribution in [-0.4, -0.2) is 46.4 Å². The third kappa shape index (κ3) is 5.02. The summed E-state index contributed by atoms with van der Waals surface area (Å²) in [6.07, 6.45) is 4.64. The van der Waals surface area contributed by atoms with Gasteiger partial charge in [-0.2, -0.15) is 0 Å². The lowest BCUT2D eigenvalue weighted by Crippen LogP contribution is -2.50. The number of nitrogens with zero attached hydrogens (tertiary/aromatic N) is 1. The molecular weight excluding hydrogens is 272 g/mol. The molecule has 2 amide bonds. The number of hydrogen-bond acceptors (Lipinski definition) is 3. The first kappa shape index (κ1) is 17.5. The van der Waals surface area contributed by atoms with Crippen molar-refractivity contribution in [2.45, 2.75) is 70.9 Å². The Kier molecular flexibility index (Phi) is 7.19. The molecule has 0 saturated carbocycles. The monoisotopic (exact) mass is 298 g/mol. The summed E-state index contributed by atoms with van der Waals surface area (Å²) in [5, 5.41) is 11.7. The van der Waals surface area contributed by atoms with Gasteiger partial charge in [0, 0.05) is 13.0 Å². The van der Waals surface area contributed by atoms with Crippen molar-refractivity contribution >= 4 is 17.8 Å². The van der Waals surface area contributed by atoms with Crippen molar-refractivity contribution in [2.75, 3.05) is 6.54 Å². The zero-order valence-corrected chi connectivity index (χ0v) is 12.9. The summed E-state index contributed by atoms with van der Waals surface area (Å²) in [5.41, 5.74) is 0. The number of unbranched alkanes of at least 4 members (excludes halogenated alkanes) is 1. The molecule has 1 aliphatic rings. The molecule has 1 fully saturated rings. The van der Waals surface area contributed by atoms with Gasteiger partial charge in [-0.3, -0.25) is 9.59 Å². The van der Waals surface area contributed by atoms with E-state index < -0.39 is 18.1 Å². The van der Waals surface area contributed by atoms with Crippen molar-refractivity contribution in [2.24, 2.45) is 0 Å². The van der Waals surface area contributed by atoms with Crippen LogP contribution in [0.15, 0.2) is 0 Å². The zero-order chi connectivity index (χ0) is 15.8. The van der Waals surface area contributed by atoms with E-state index in [1.165, 1.54) is 0 Å². The van der Waals surface area contributed by atoms with Crippen molar-refractivity contribution in [3.05, 3.63) is 0 Å². The fourth-order valence-corrected chi connectivity index (χ4v) is 2.63. The number of carboxylic acid groups (broad SMARTS) is 1. The Hall–Kier alpha value is -1.59. The van der Waals surface area contributed by atoms with E-state index in [4.69, 9.17) is 5.11 Å². The van der Waals surface area contributed by atoms with Crippen LogP contribution in [0.4, 0.5) is 0 Å². The van der Waals surface area contributed by atoms with Gasteiger partial charge in [-0.05, 0) is 25.7 Å². The molecule has 0 aromatic rings. The van der Waals surface area contributed by atoms with E-state index >= 15 is 0 Å². The van der Waals surface area contributed by atoms with E-state index in [-0.39, 0.29) is 11.8 Å². The van der Waals surface area contributed by atoms with Crippen molar-refractivity contribution in [3.63, 3.8) is 0 Å². The Morgan fingerprint density at radius 2 is 2.00 bits per heavy atom. The average molecular weight is 298 g/mol. The molecule has 1 rings (SSSR count). The van der Waals surface area contributed by atoms with E-state index in [9.17, 15) is 14.4 Å². The summed E-state index contributed by atoms with van der Waals surface area (Å²) in [4.78, 5) is 37.0. The molecule has 0 aliphatic carbocycles. The minimum Gasteiger partial charge on any atom is -0.480 e. The number of carbonyl (C=O) groups excluding carboxylic acids is 2. The van der Waals surface area contributed by atoms with E-state index in [1.807, 2.05) is 13.8 Å². The zero-order valence-electron chi connectivity index (χ0n) is 12.9. The lowest BCUT2D eigenvalue weighted by Gasteiger charge is -2.25. The molecule has 1 unspecified atom stereocenters. The lowest BCUT2D eigenvalue weighted by atomic mass is 10.1. The summed E-state index contributed by atoms with van der Waals surface area (Å²) in [7, 11) is 0. The molecule has 2 atom stereocenters. The first-order valence-corrected chi connectivity index (χ1v) is 7.83. The predicted octanol–water partition coefficient (Wildman–Crippen LogP) is 1.54. The standard InChI is InChI=1S/C15H26N2O4/c1-3-5-8-11(15(20)21)16-14(19)12-9-6-10-17(12)13(18)7-4-2/h11-12H,3-10H2,1-2H3,(H,16,19)(H,20,21)/t11-,12?/m0/s1. The summed E-state index contributed by atoms with van der Waals surface area (Å²) in [5.74, 6) is -1.36. The van der Waals surface area contributed by atoms with Gasteiger partial charge in [-0.25, -0.2) is 4.79 Å². The summed E-state index contributed by atoms with van der Waals surface area (Å²) in [6, 6.07) is -1.37. The van der Waals surface area contributed by atoms with Gasteiger partial charge in [0.1, 0.15) is 12.1 Å². The fraction of sp³-hybridized carbons (Fsp3) is 0.800. The van der Waals surface area contributed by atoms with Gasteiger partial charge in [0.15, 0.2) is 0 Å². The van der Waals surface area contributed by atoms with Crippen LogP contribution in [-0.2, 0) is 14.4 Å². The van der Waals surface area contributed by atoms with Gasteiger partial charge in [0.25, 0.3) is 0 Å². The fourth-order valence-electron chi connectivity index (χ4n) is 2.63. The van der Waals surface area contributed by atoms with Crippen LogP contribution >= 0.6 is 0 Å². The Bertz CT molecular complexity index is 384. The van der Waals surface area contributed by atoms with E-state index in [2.05, 4.69) is 5.32 Å². The van der Waals surface area contributed by atoms with E-state index in [0.29, 0.717) is 25.8 Å². The Morgan fingerprint density at radius 1 is 1.29 bits per heavy atom. The topological polar surface area (TPSA) is 86.7 Å². The van der Waals surface area contributed by atoms with Gasteiger partial charge in [0.05, 0.1) is 0 Å². The normalized spacial score (nSPS) is 19.3. The van der Waals surface area contributed by atoms with Gasteiger partial charge < -0.3 is 15.3 Å². The largest absolute Gasteiger partial charge is 0.480 e. The highest BCUT2D eigenvalue weighted by Crippen LogP contribution is 2.19. The number of aliphatic carboxylic acids is 1. The molecule has 0 radical (unpaired) electrons. The van der Waals surface area contributed by atoms with E-state index in [1.54, 1.807) is 4.90 Å². The number of amides is 2. The second kappa shape index (κ2) is 8.64. The minimum atomic E-state index is -1.01. The third-order valence-corrected chi connectivity index (χ3v) is 3.80. The maximum atomic E-state index is 12.3. The summed E-state index contributed by atoms with van der Waals surface area (Å²) >= 11 is 0. The molecule has 21 heavy (non-hydrogen) atoms. The lowest BCUT2D eigenvalue weighted by molar-refractivity contribution is -0.144. The highest BCUT2D eigenvalue weighted by atomic mass is 16.4. The molecule has 6 heteroatoms. The Balaban J connectivity index is 2.63. The third-order valence-electron chi connectivity index (χ3n) is 3.80. The minimum absolute atomic E-state index is 0.0180. The molecular formula is C15H26N2O4. The second-order valence-corrected chi connectivity index (χ2v) is 5.54. The van der Waals surface area contributed by atoms with Crippen molar-refractivity contribution in [3.8, 4) is 0 Å². The van der Waals surface area contributed by atoms with Gasteiger partial charge in [0.2, 0.25) is 11.8 Å². The van der Waals surface area contributed by atoms with Gasteiger partial charge in [-0.1, -0.05) is 26.7 Å². The molecule has 0 bridgehead atoms. The van der Waals surface area contributed by atoms with Crippen LogP contribution < -0.4 is 5.32 Å². The van der Waals surface area contributed by atoms with Crippen molar-refractivity contribution in [1.82, 2.24) is 10.2 Å². The molecule has 120 valence electrons. The van der Waals surface area contributed by atoms with Crippen LogP contribution in [0, 0.1) is 0 Å². The quantitative estimate of drug-likeness (QED) is 0.711. The first-order valence-electron chi connectivity index (χ1n) is 7.83. The number of carboxylic acids is 1. The molecule has 1 heterocycles. The summed E-state index contributed by atoms with van der Waals surface area (Å²) in [6.45, 7) is 4.49. The van der Waals surface area contributed by atoms with Crippen LogP contribution in [0.5, 0.6) is 0 Å². The molecule has 0 aromatic heterocycles. The second-order valence-electron chi connectivity index (χ2n) is 5.54. The highest BCUT2D eigenvalue weighted by molar-refractivity contribution is 5.90. The van der Waals surface area contributed by atoms with Crippen LogP contribution in [0.3, 0.4) is 0 Å². The van der Waals surface area contributed by atoms with Crippen LogP contribution in [0.2, 0.25) is 0 Å². The average Bonchev–Trinajstić information content (AvgIpc) is 2.92. The predicted molar refractivity (Wildman–Crippen MR) is 78.7 cm³/mol. The SMILES string of the molecule is CCCC[C@H](NC(=O)C1CCCN1C(=O)CCC)C(=O)O. The number of likely N-dealkylation sites (tertiary alicyclic amines) is 1. The first-order chi connectivity index (χ1) is 10.0. The Morgan fingerprint density at radius 3 is 2.57 bits per heavy atom. The summed E-state index contributed by atoms with van der Waals surface area (Å²) < 4.78 is 0. The van der Waals surface area contributed by atoms with Crippen LogP contribution in [0.25, 0.3) is 0 Å². The highest BCUT2D eigenvalue weighted by Gasteiger charge is 2.35. The van der Waals surface area contributed by atoms with E-state index in [0.717, 1.165) is 25.7 Å². The maximum Gasteiger partial charge on any atom is 0.326 e. The molecule has 0 aromatic carbocycles. The van der Waals surface area contributed by atoms with Crippen molar-refractivity contribution < 1.29 is 19.5 Å². The molecule has 2 N–H and O–H groups in total. The maximum absolute atomic E-state index is 12.3.